The summed E-state index contributed by atoms with van der Waals surface area (Å²) < 4.78 is 0. The van der Waals surface area contributed by atoms with Gasteiger partial charge in [-0.2, -0.15) is 0 Å². The minimum atomic E-state index is 0. The number of hydrogen-bond donors (Lipinski definition) is 1. The van der Waals surface area contributed by atoms with Crippen molar-refractivity contribution < 1.29 is 0 Å². The quantitative estimate of drug-likeness (QED) is 0.835. The number of nitrogens with two attached hydrogens (primary N) is 1. The number of aryl methyl sites for hydroxylation is 1. The van der Waals surface area contributed by atoms with Crippen LogP contribution in [0.25, 0.3) is 0 Å². The Morgan fingerprint density at radius 2 is 1.46 bits per heavy atom. The fourth-order valence-electron chi connectivity index (χ4n) is 3.08. The van der Waals surface area contributed by atoms with E-state index >= 15 is 0 Å². The first-order chi connectivity index (χ1) is 10.7. The summed E-state index contributed by atoms with van der Waals surface area (Å²) in [6.45, 7) is 8.79. The van der Waals surface area contributed by atoms with Crippen molar-refractivity contribution in [2.24, 2.45) is 0 Å². The molecule has 0 spiro atoms. The molecule has 0 radical (unpaired) electrons. The summed E-state index contributed by atoms with van der Waals surface area (Å²) in [6.07, 6.45) is 0. The van der Waals surface area contributed by atoms with Crippen molar-refractivity contribution in [1.29, 1.82) is 0 Å². The average molecular weight is 368 g/mol. The first-order valence-corrected chi connectivity index (χ1v) is 8.04. The Hall–Kier alpha value is -1.26. The second kappa shape index (κ2) is 9.90. The largest absolute Gasteiger partial charge is 0.399 e. The van der Waals surface area contributed by atoms with Crippen LogP contribution < -0.4 is 5.73 Å². The molecule has 1 aliphatic heterocycles. The number of piperazine rings is 1. The molecule has 3 rings (SSSR count). The molecule has 24 heavy (non-hydrogen) atoms. The first-order valence-electron chi connectivity index (χ1n) is 8.04. The first kappa shape index (κ1) is 20.8. The third-order valence-electron chi connectivity index (χ3n) is 4.48. The van der Waals surface area contributed by atoms with Crippen molar-refractivity contribution in [1.82, 2.24) is 9.80 Å². The van der Waals surface area contributed by atoms with Crippen LogP contribution in [0.3, 0.4) is 0 Å². The molecule has 1 heterocycles. The molecule has 1 saturated heterocycles. The summed E-state index contributed by atoms with van der Waals surface area (Å²) in [5.74, 6) is 0. The predicted molar refractivity (Wildman–Crippen MR) is 107 cm³/mol. The summed E-state index contributed by atoms with van der Waals surface area (Å²) in [5, 5.41) is 0. The molecule has 132 valence electrons. The van der Waals surface area contributed by atoms with Crippen LogP contribution in [0.4, 0.5) is 5.69 Å². The van der Waals surface area contributed by atoms with E-state index in [1.54, 1.807) is 0 Å². The molecule has 0 unspecified atom stereocenters. The maximum absolute atomic E-state index is 5.86. The number of hydrogen-bond acceptors (Lipinski definition) is 3. The lowest BCUT2D eigenvalue weighted by Crippen LogP contribution is -2.45. The zero-order valence-electron chi connectivity index (χ0n) is 14.1. The van der Waals surface area contributed by atoms with E-state index in [2.05, 4.69) is 53.1 Å². The lowest BCUT2D eigenvalue weighted by molar-refractivity contribution is 0.122. The summed E-state index contributed by atoms with van der Waals surface area (Å²) >= 11 is 0. The maximum atomic E-state index is 5.86. The number of anilines is 1. The van der Waals surface area contributed by atoms with Gasteiger partial charge in [-0.15, -0.1) is 24.8 Å². The zero-order valence-corrected chi connectivity index (χ0v) is 15.8. The van der Waals surface area contributed by atoms with Gasteiger partial charge in [0.05, 0.1) is 0 Å². The molecule has 0 saturated carbocycles. The molecular formula is C19H27Cl2N3. The Morgan fingerprint density at radius 1 is 0.833 bits per heavy atom. The van der Waals surface area contributed by atoms with Gasteiger partial charge in [0.1, 0.15) is 0 Å². The average Bonchev–Trinajstić information content (AvgIpc) is 2.52. The second-order valence-corrected chi connectivity index (χ2v) is 6.22. The van der Waals surface area contributed by atoms with E-state index in [1.807, 2.05) is 12.1 Å². The standard InChI is InChI=1S/C19H25N3.2ClH/c1-16-5-2-3-7-18(16)15-22-11-9-21(10-12-22)14-17-6-4-8-19(20)13-17;;/h2-8,13H,9-12,14-15,20H2,1H3;2*1H. The predicted octanol–water partition coefficient (Wildman–Crippen LogP) is 3.74. The van der Waals surface area contributed by atoms with E-state index in [1.165, 1.54) is 16.7 Å². The molecule has 2 N–H and O–H groups in total. The number of nitrogen functional groups attached to an aromatic ring is 1. The highest BCUT2D eigenvalue weighted by Gasteiger charge is 2.17. The van der Waals surface area contributed by atoms with E-state index in [9.17, 15) is 0 Å². The highest BCUT2D eigenvalue weighted by molar-refractivity contribution is 5.85. The van der Waals surface area contributed by atoms with E-state index in [0.29, 0.717) is 0 Å². The number of nitrogens with zero attached hydrogens (tertiary/aromatic N) is 2. The van der Waals surface area contributed by atoms with Gasteiger partial charge in [-0.05, 0) is 35.7 Å². The molecule has 0 atom stereocenters. The van der Waals surface area contributed by atoms with Crippen LogP contribution >= 0.6 is 24.8 Å². The second-order valence-electron chi connectivity index (χ2n) is 6.22. The van der Waals surface area contributed by atoms with Crippen molar-refractivity contribution in [2.45, 2.75) is 20.0 Å². The topological polar surface area (TPSA) is 32.5 Å². The van der Waals surface area contributed by atoms with Crippen molar-refractivity contribution in [3.63, 3.8) is 0 Å². The van der Waals surface area contributed by atoms with E-state index in [0.717, 1.165) is 45.0 Å². The SMILES string of the molecule is Cc1ccccc1CN1CCN(Cc2cccc(N)c2)CC1.Cl.Cl. The fourth-order valence-corrected chi connectivity index (χ4v) is 3.08. The van der Waals surface area contributed by atoms with Crippen LogP contribution in [-0.4, -0.2) is 36.0 Å². The molecule has 0 aromatic heterocycles. The highest BCUT2D eigenvalue weighted by Crippen LogP contribution is 2.15. The molecule has 0 aliphatic carbocycles. The van der Waals surface area contributed by atoms with Gasteiger partial charge in [0.15, 0.2) is 0 Å². The van der Waals surface area contributed by atoms with Gasteiger partial charge >= 0.3 is 0 Å². The van der Waals surface area contributed by atoms with Gasteiger partial charge in [-0.25, -0.2) is 0 Å². The Bertz CT molecular complexity index is 626. The lowest BCUT2D eigenvalue weighted by Gasteiger charge is -2.35. The zero-order chi connectivity index (χ0) is 15.4. The van der Waals surface area contributed by atoms with Crippen LogP contribution in [0.2, 0.25) is 0 Å². The fraction of sp³-hybridized carbons (Fsp3) is 0.368. The van der Waals surface area contributed by atoms with Crippen LogP contribution in [0.1, 0.15) is 16.7 Å². The van der Waals surface area contributed by atoms with Crippen molar-refractivity contribution in [3.8, 4) is 0 Å². The molecule has 1 fully saturated rings. The van der Waals surface area contributed by atoms with Crippen molar-refractivity contribution in [2.75, 3.05) is 31.9 Å². The Balaban J connectivity index is 0.00000144. The van der Waals surface area contributed by atoms with Gasteiger partial charge in [-0.3, -0.25) is 9.80 Å². The van der Waals surface area contributed by atoms with Crippen LogP contribution in [0.15, 0.2) is 48.5 Å². The monoisotopic (exact) mass is 367 g/mol. The molecule has 2 aromatic carbocycles. The third-order valence-corrected chi connectivity index (χ3v) is 4.48. The van der Waals surface area contributed by atoms with Crippen LogP contribution in [0, 0.1) is 6.92 Å². The molecule has 5 heteroatoms. The molecular weight excluding hydrogens is 341 g/mol. The summed E-state index contributed by atoms with van der Waals surface area (Å²) in [5.41, 5.74) is 10.9. The van der Waals surface area contributed by atoms with Gasteiger partial charge in [0.2, 0.25) is 0 Å². The molecule has 3 nitrogen and oxygen atoms in total. The molecule has 0 amide bonds. The maximum Gasteiger partial charge on any atom is 0.0317 e. The number of benzene rings is 2. The van der Waals surface area contributed by atoms with Crippen LogP contribution in [-0.2, 0) is 13.1 Å². The summed E-state index contributed by atoms with van der Waals surface area (Å²) in [4.78, 5) is 5.07. The van der Waals surface area contributed by atoms with Gasteiger partial charge in [0.25, 0.3) is 0 Å². The number of halogens is 2. The lowest BCUT2D eigenvalue weighted by atomic mass is 10.1. The van der Waals surface area contributed by atoms with Crippen LogP contribution in [0.5, 0.6) is 0 Å². The van der Waals surface area contributed by atoms with Gasteiger partial charge < -0.3 is 5.73 Å². The highest BCUT2D eigenvalue weighted by atomic mass is 35.5. The van der Waals surface area contributed by atoms with E-state index < -0.39 is 0 Å². The summed E-state index contributed by atoms with van der Waals surface area (Å²) in [6, 6.07) is 16.9. The Morgan fingerprint density at radius 3 is 2.08 bits per heavy atom. The van der Waals surface area contributed by atoms with E-state index in [4.69, 9.17) is 5.73 Å². The third kappa shape index (κ3) is 5.67. The number of rotatable bonds is 4. The van der Waals surface area contributed by atoms with E-state index in [-0.39, 0.29) is 24.8 Å². The summed E-state index contributed by atoms with van der Waals surface area (Å²) in [7, 11) is 0. The Labute approximate surface area is 157 Å². The smallest absolute Gasteiger partial charge is 0.0317 e. The minimum Gasteiger partial charge on any atom is -0.399 e. The molecule has 1 aliphatic rings. The van der Waals surface area contributed by atoms with Crippen molar-refractivity contribution in [3.05, 3.63) is 65.2 Å². The Kier molecular flexibility index (Phi) is 8.57. The van der Waals surface area contributed by atoms with Crippen molar-refractivity contribution >= 4 is 30.5 Å². The van der Waals surface area contributed by atoms with Gasteiger partial charge in [-0.1, -0.05) is 36.4 Å². The normalized spacial score (nSPS) is 15.4. The molecule has 2 aromatic rings. The van der Waals surface area contributed by atoms with Gasteiger partial charge in [0, 0.05) is 45.0 Å². The minimum absolute atomic E-state index is 0. The molecule has 0 bridgehead atoms.